The lowest BCUT2D eigenvalue weighted by atomic mass is 10.1. The largest absolute Gasteiger partial charge is 0.354 e. The van der Waals surface area contributed by atoms with Crippen molar-refractivity contribution in [2.75, 3.05) is 19.6 Å². The van der Waals surface area contributed by atoms with Crippen LogP contribution in [0.1, 0.15) is 29.3 Å². The van der Waals surface area contributed by atoms with Gasteiger partial charge in [-0.1, -0.05) is 18.2 Å². The molecule has 0 bridgehead atoms. The molecule has 2 aromatic rings. The van der Waals surface area contributed by atoms with Crippen molar-refractivity contribution in [3.8, 4) is 0 Å². The summed E-state index contributed by atoms with van der Waals surface area (Å²) in [5, 5.41) is 5.13. The Morgan fingerprint density at radius 1 is 1.22 bits per heavy atom. The molecule has 1 N–H and O–H groups in total. The lowest BCUT2D eigenvalue weighted by Crippen LogP contribution is -2.37. The molecule has 3 nitrogen and oxygen atoms in total. The maximum atomic E-state index is 12.9. The van der Waals surface area contributed by atoms with E-state index in [9.17, 15) is 9.18 Å². The molecule has 1 unspecified atom stereocenters. The molecule has 23 heavy (non-hydrogen) atoms. The van der Waals surface area contributed by atoms with Crippen LogP contribution in [0.25, 0.3) is 0 Å². The van der Waals surface area contributed by atoms with Crippen LogP contribution in [-0.2, 0) is 11.2 Å². The van der Waals surface area contributed by atoms with E-state index in [1.165, 1.54) is 29.9 Å². The molecular weight excluding hydrogens is 311 g/mol. The van der Waals surface area contributed by atoms with E-state index in [0.29, 0.717) is 6.54 Å². The van der Waals surface area contributed by atoms with Crippen LogP contribution in [0.4, 0.5) is 4.39 Å². The number of rotatable bonds is 6. The van der Waals surface area contributed by atoms with Gasteiger partial charge in [-0.05, 0) is 55.1 Å². The summed E-state index contributed by atoms with van der Waals surface area (Å²) in [6.45, 7) is 2.81. The number of carbonyl (C=O) groups is 1. The molecule has 1 aromatic heterocycles. The molecule has 0 radical (unpaired) electrons. The number of benzene rings is 1. The molecular formula is C18H21FN2OS. The summed E-state index contributed by atoms with van der Waals surface area (Å²) in [6, 6.07) is 10.6. The molecule has 0 spiro atoms. The molecule has 1 saturated heterocycles. The maximum absolute atomic E-state index is 12.9. The Bertz CT molecular complexity index is 621. The fourth-order valence-corrected chi connectivity index (χ4v) is 3.87. The maximum Gasteiger partial charge on any atom is 0.224 e. The fourth-order valence-electron chi connectivity index (χ4n) is 3.00. The summed E-state index contributed by atoms with van der Waals surface area (Å²) in [6.07, 6.45) is 2.74. The van der Waals surface area contributed by atoms with Crippen LogP contribution in [0.2, 0.25) is 0 Å². The van der Waals surface area contributed by atoms with Gasteiger partial charge in [0.15, 0.2) is 0 Å². The third-order valence-electron chi connectivity index (χ3n) is 4.22. The minimum absolute atomic E-state index is 0.0163. The van der Waals surface area contributed by atoms with Crippen LogP contribution in [0.3, 0.4) is 0 Å². The van der Waals surface area contributed by atoms with Gasteiger partial charge in [0.1, 0.15) is 5.82 Å². The Morgan fingerprint density at radius 2 is 1.96 bits per heavy atom. The van der Waals surface area contributed by atoms with Crippen molar-refractivity contribution in [3.05, 3.63) is 58.0 Å². The second-order valence-electron chi connectivity index (χ2n) is 5.88. The van der Waals surface area contributed by atoms with Gasteiger partial charge in [0.2, 0.25) is 5.91 Å². The zero-order valence-corrected chi connectivity index (χ0v) is 13.8. The first kappa shape index (κ1) is 16.1. The first-order valence-electron chi connectivity index (χ1n) is 8.01. The Balaban J connectivity index is 1.57. The van der Waals surface area contributed by atoms with Gasteiger partial charge in [-0.2, -0.15) is 0 Å². The summed E-state index contributed by atoms with van der Waals surface area (Å²) in [4.78, 5) is 15.9. The molecule has 5 heteroatoms. The van der Waals surface area contributed by atoms with Gasteiger partial charge in [0.05, 0.1) is 12.5 Å². The zero-order valence-electron chi connectivity index (χ0n) is 13.0. The lowest BCUT2D eigenvalue weighted by Gasteiger charge is -2.26. The van der Waals surface area contributed by atoms with Crippen molar-refractivity contribution < 1.29 is 9.18 Å². The van der Waals surface area contributed by atoms with E-state index in [4.69, 9.17) is 0 Å². The van der Waals surface area contributed by atoms with E-state index in [1.54, 1.807) is 23.5 Å². The van der Waals surface area contributed by atoms with Crippen molar-refractivity contribution in [3.63, 3.8) is 0 Å². The van der Waals surface area contributed by atoms with Crippen LogP contribution in [0.5, 0.6) is 0 Å². The highest BCUT2D eigenvalue weighted by molar-refractivity contribution is 7.10. The molecule has 0 aliphatic carbocycles. The fraction of sp³-hybridized carbons (Fsp3) is 0.389. The minimum Gasteiger partial charge on any atom is -0.354 e. The second kappa shape index (κ2) is 7.70. The Kier molecular flexibility index (Phi) is 5.41. The van der Waals surface area contributed by atoms with E-state index in [2.05, 4.69) is 27.7 Å². The summed E-state index contributed by atoms with van der Waals surface area (Å²) in [5.41, 5.74) is 0.831. The first-order valence-corrected chi connectivity index (χ1v) is 8.89. The van der Waals surface area contributed by atoms with Crippen LogP contribution in [0, 0.1) is 5.82 Å². The zero-order chi connectivity index (χ0) is 16.1. The van der Waals surface area contributed by atoms with Gasteiger partial charge >= 0.3 is 0 Å². The molecule has 1 atom stereocenters. The third kappa shape index (κ3) is 4.39. The van der Waals surface area contributed by atoms with Crippen LogP contribution in [-0.4, -0.2) is 30.4 Å². The van der Waals surface area contributed by atoms with Crippen molar-refractivity contribution >= 4 is 17.2 Å². The normalized spacial score (nSPS) is 16.4. The Morgan fingerprint density at radius 3 is 2.61 bits per heavy atom. The van der Waals surface area contributed by atoms with Crippen molar-refractivity contribution in [2.24, 2.45) is 0 Å². The number of nitrogens with one attached hydrogen (secondary N) is 1. The van der Waals surface area contributed by atoms with E-state index >= 15 is 0 Å². The summed E-state index contributed by atoms with van der Waals surface area (Å²) in [7, 11) is 0. The van der Waals surface area contributed by atoms with E-state index < -0.39 is 0 Å². The second-order valence-corrected chi connectivity index (χ2v) is 6.86. The van der Waals surface area contributed by atoms with Crippen LogP contribution in [0.15, 0.2) is 41.8 Å². The summed E-state index contributed by atoms with van der Waals surface area (Å²) in [5.74, 6) is -0.293. The SMILES string of the molecule is O=C(Cc1ccc(F)cc1)NCC(c1cccs1)N1CCCC1. The van der Waals surface area contributed by atoms with Crippen molar-refractivity contribution in [1.82, 2.24) is 10.2 Å². The van der Waals surface area contributed by atoms with Crippen molar-refractivity contribution in [1.29, 1.82) is 0 Å². The van der Waals surface area contributed by atoms with Gasteiger partial charge in [-0.25, -0.2) is 4.39 Å². The Hall–Kier alpha value is -1.72. The molecule has 122 valence electrons. The van der Waals surface area contributed by atoms with Gasteiger partial charge < -0.3 is 5.32 Å². The van der Waals surface area contributed by atoms with E-state index in [0.717, 1.165) is 18.7 Å². The van der Waals surface area contributed by atoms with Gasteiger partial charge in [-0.3, -0.25) is 9.69 Å². The van der Waals surface area contributed by atoms with Crippen LogP contribution >= 0.6 is 11.3 Å². The van der Waals surface area contributed by atoms with Gasteiger partial charge in [0.25, 0.3) is 0 Å². The highest BCUT2D eigenvalue weighted by Gasteiger charge is 2.24. The van der Waals surface area contributed by atoms with E-state index in [1.807, 2.05) is 0 Å². The van der Waals surface area contributed by atoms with E-state index in [-0.39, 0.29) is 24.2 Å². The van der Waals surface area contributed by atoms with Gasteiger partial charge in [0, 0.05) is 11.4 Å². The highest BCUT2D eigenvalue weighted by Crippen LogP contribution is 2.27. The lowest BCUT2D eigenvalue weighted by molar-refractivity contribution is -0.120. The molecule has 1 aromatic carbocycles. The predicted octanol–water partition coefficient (Wildman–Crippen LogP) is 3.38. The smallest absolute Gasteiger partial charge is 0.224 e. The molecule has 1 amide bonds. The standard InChI is InChI=1S/C18H21FN2OS/c19-15-7-5-14(6-8-15)12-18(22)20-13-16(17-4-3-11-23-17)21-9-1-2-10-21/h3-8,11,16H,1-2,9-10,12-13H2,(H,20,22). The van der Waals surface area contributed by atoms with Crippen molar-refractivity contribution in [2.45, 2.75) is 25.3 Å². The topological polar surface area (TPSA) is 32.3 Å². The monoisotopic (exact) mass is 332 g/mol. The number of carbonyl (C=O) groups excluding carboxylic acids is 1. The number of hydrogen-bond acceptors (Lipinski definition) is 3. The van der Waals surface area contributed by atoms with Crippen LogP contribution < -0.4 is 5.32 Å². The number of nitrogens with zero attached hydrogens (tertiary/aromatic N) is 1. The molecule has 3 rings (SSSR count). The molecule has 2 heterocycles. The number of thiophene rings is 1. The number of halogens is 1. The Labute approximate surface area is 140 Å². The summed E-state index contributed by atoms with van der Waals surface area (Å²) < 4.78 is 12.9. The molecule has 0 saturated carbocycles. The number of hydrogen-bond donors (Lipinski definition) is 1. The third-order valence-corrected chi connectivity index (χ3v) is 5.20. The minimum atomic E-state index is -0.277. The molecule has 1 aliphatic rings. The summed E-state index contributed by atoms with van der Waals surface area (Å²) >= 11 is 1.74. The average molecular weight is 332 g/mol. The number of likely N-dealkylation sites (tertiary alicyclic amines) is 1. The molecule has 1 aliphatic heterocycles. The number of amides is 1. The average Bonchev–Trinajstić information content (AvgIpc) is 3.24. The highest BCUT2D eigenvalue weighted by atomic mass is 32.1. The molecule has 1 fully saturated rings. The predicted molar refractivity (Wildman–Crippen MR) is 91.0 cm³/mol. The first-order chi connectivity index (χ1) is 11.2. The quantitative estimate of drug-likeness (QED) is 0.879. The van der Waals surface area contributed by atoms with Gasteiger partial charge in [-0.15, -0.1) is 11.3 Å².